The Morgan fingerprint density at radius 1 is 1.33 bits per heavy atom. The number of phenolic OH excluding ortho intramolecular Hbond substituents is 1. The van der Waals surface area contributed by atoms with E-state index in [1.807, 2.05) is 24.3 Å². The number of thioether (sulfide) groups is 1. The van der Waals surface area contributed by atoms with Gasteiger partial charge in [0, 0.05) is 21.2 Å². The van der Waals surface area contributed by atoms with E-state index in [1.54, 1.807) is 13.2 Å². The standard InChI is InChI=1S/C16H15ClO3S/c1-10(18)15-7-12(17)6-11(16(15)19)9-21-14-5-3-4-13(8-14)20-2/h3-8,19H,9H2,1-2H3. The van der Waals surface area contributed by atoms with E-state index in [-0.39, 0.29) is 17.1 Å². The normalized spacial score (nSPS) is 10.4. The van der Waals surface area contributed by atoms with Crippen LogP contribution in [0, 0.1) is 0 Å². The molecule has 2 rings (SSSR count). The molecule has 0 aliphatic heterocycles. The largest absolute Gasteiger partial charge is 0.507 e. The van der Waals surface area contributed by atoms with Crippen molar-refractivity contribution in [2.24, 2.45) is 0 Å². The maximum absolute atomic E-state index is 11.5. The van der Waals surface area contributed by atoms with Gasteiger partial charge in [-0.3, -0.25) is 4.79 Å². The van der Waals surface area contributed by atoms with Crippen molar-refractivity contribution in [1.29, 1.82) is 0 Å². The summed E-state index contributed by atoms with van der Waals surface area (Å²) in [6.45, 7) is 1.41. The van der Waals surface area contributed by atoms with E-state index >= 15 is 0 Å². The number of benzene rings is 2. The van der Waals surface area contributed by atoms with Crippen molar-refractivity contribution < 1.29 is 14.6 Å². The van der Waals surface area contributed by atoms with Gasteiger partial charge in [0.15, 0.2) is 5.78 Å². The molecule has 0 aromatic heterocycles. The summed E-state index contributed by atoms with van der Waals surface area (Å²) in [6, 6.07) is 10.8. The molecular formula is C16H15ClO3S. The fourth-order valence-electron chi connectivity index (χ4n) is 1.89. The number of halogens is 1. The third kappa shape index (κ3) is 3.93. The molecule has 0 heterocycles. The van der Waals surface area contributed by atoms with Gasteiger partial charge in [-0.1, -0.05) is 17.7 Å². The van der Waals surface area contributed by atoms with Crippen molar-refractivity contribution >= 4 is 29.1 Å². The maximum Gasteiger partial charge on any atom is 0.163 e. The van der Waals surface area contributed by atoms with Crippen LogP contribution in [-0.2, 0) is 5.75 Å². The molecular weight excluding hydrogens is 308 g/mol. The highest BCUT2D eigenvalue weighted by Gasteiger charge is 2.13. The fraction of sp³-hybridized carbons (Fsp3) is 0.188. The number of carbonyl (C=O) groups excluding carboxylic acids is 1. The van der Waals surface area contributed by atoms with Crippen molar-refractivity contribution in [2.75, 3.05) is 7.11 Å². The number of phenols is 1. The molecule has 1 N–H and O–H groups in total. The molecule has 110 valence electrons. The van der Waals surface area contributed by atoms with Gasteiger partial charge in [-0.15, -0.1) is 11.8 Å². The Balaban J connectivity index is 2.21. The molecule has 5 heteroatoms. The number of rotatable bonds is 5. The summed E-state index contributed by atoms with van der Waals surface area (Å²) < 4.78 is 5.17. The lowest BCUT2D eigenvalue weighted by atomic mass is 10.1. The summed E-state index contributed by atoms with van der Waals surface area (Å²) in [5.74, 6) is 1.09. The van der Waals surface area contributed by atoms with Crippen LogP contribution in [0.5, 0.6) is 11.5 Å². The van der Waals surface area contributed by atoms with Crippen LogP contribution in [0.2, 0.25) is 5.02 Å². The van der Waals surface area contributed by atoms with Crippen molar-refractivity contribution in [2.45, 2.75) is 17.6 Å². The van der Waals surface area contributed by atoms with Crippen LogP contribution in [-0.4, -0.2) is 18.0 Å². The van der Waals surface area contributed by atoms with Crippen LogP contribution in [0.4, 0.5) is 0 Å². The van der Waals surface area contributed by atoms with E-state index in [9.17, 15) is 9.90 Å². The molecule has 0 fully saturated rings. The molecule has 2 aromatic rings. The summed E-state index contributed by atoms with van der Waals surface area (Å²) in [7, 11) is 1.62. The zero-order valence-electron chi connectivity index (χ0n) is 11.7. The van der Waals surface area contributed by atoms with E-state index in [0.29, 0.717) is 16.3 Å². The van der Waals surface area contributed by atoms with Crippen LogP contribution >= 0.6 is 23.4 Å². The predicted octanol–water partition coefficient (Wildman–Crippen LogP) is 4.55. The highest BCUT2D eigenvalue weighted by atomic mass is 35.5. The summed E-state index contributed by atoms with van der Waals surface area (Å²) >= 11 is 7.54. The van der Waals surface area contributed by atoms with Crippen molar-refractivity contribution in [3.8, 4) is 11.5 Å². The summed E-state index contributed by atoms with van der Waals surface area (Å²) in [6.07, 6.45) is 0. The van der Waals surface area contributed by atoms with Gasteiger partial charge in [0.2, 0.25) is 0 Å². The van der Waals surface area contributed by atoms with Crippen LogP contribution < -0.4 is 4.74 Å². The number of ether oxygens (including phenoxy) is 1. The molecule has 0 spiro atoms. The Labute approximate surface area is 132 Å². The van der Waals surface area contributed by atoms with Crippen LogP contribution in [0.15, 0.2) is 41.3 Å². The van der Waals surface area contributed by atoms with Crippen molar-refractivity contribution in [3.05, 3.63) is 52.5 Å². The van der Waals surface area contributed by atoms with Crippen molar-refractivity contribution in [1.82, 2.24) is 0 Å². The van der Waals surface area contributed by atoms with Gasteiger partial charge in [-0.25, -0.2) is 0 Å². The van der Waals surface area contributed by atoms with E-state index in [1.165, 1.54) is 24.8 Å². The third-order valence-electron chi connectivity index (χ3n) is 2.97. The minimum atomic E-state index is -0.206. The smallest absolute Gasteiger partial charge is 0.163 e. The highest BCUT2D eigenvalue weighted by Crippen LogP contribution is 2.33. The van der Waals surface area contributed by atoms with Gasteiger partial charge in [-0.2, -0.15) is 0 Å². The predicted molar refractivity (Wildman–Crippen MR) is 85.7 cm³/mol. The molecule has 0 saturated carbocycles. The number of methoxy groups -OCH3 is 1. The Hall–Kier alpha value is -1.65. The second-order valence-electron chi connectivity index (χ2n) is 4.48. The molecule has 21 heavy (non-hydrogen) atoms. The minimum absolute atomic E-state index is 0.00213. The Morgan fingerprint density at radius 2 is 2.10 bits per heavy atom. The quantitative estimate of drug-likeness (QED) is 0.648. The van der Waals surface area contributed by atoms with Crippen LogP contribution in [0.1, 0.15) is 22.8 Å². The highest BCUT2D eigenvalue weighted by molar-refractivity contribution is 7.98. The minimum Gasteiger partial charge on any atom is -0.507 e. The first-order chi connectivity index (χ1) is 10.0. The molecule has 0 radical (unpaired) electrons. The van der Waals surface area contributed by atoms with Gasteiger partial charge >= 0.3 is 0 Å². The second kappa shape index (κ2) is 6.87. The molecule has 0 aliphatic carbocycles. The number of ketones is 1. The Kier molecular flexibility index (Phi) is 5.15. The maximum atomic E-state index is 11.5. The first-order valence-electron chi connectivity index (χ1n) is 6.30. The fourth-order valence-corrected chi connectivity index (χ4v) is 3.04. The molecule has 0 amide bonds. The van der Waals surface area contributed by atoms with E-state index < -0.39 is 0 Å². The SMILES string of the molecule is COc1cccc(SCc2cc(Cl)cc(C(C)=O)c2O)c1. The summed E-state index contributed by atoms with van der Waals surface area (Å²) in [5, 5.41) is 10.6. The van der Waals surface area contributed by atoms with Gasteiger partial charge in [0.1, 0.15) is 11.5 Å². The third-order valence-corrected chi connectivity index (χ3v) is 4.23. The summed E-state index contributed by atoms with van der Waals surface area (Å²) in [5.41, 5.74) is 0.893. The molecule has 0 unspecified atom stereocenters. The Bertz CT molecular complexity index is 671. The molecule has 0 saturated heterocycles. The number of aromatic hydroxyl groups is 1. The van der Waals surface area contributed by atoms with E-state index in [2.05, 4.69) is 0 Å². The molecule has 2 aromatic carbocycles. The average molecular weight is 323 g/mol. The zero-order chi connectivity index (χ0) is 15.4. The lowest BCUT2D eigenvalue weighted by Crippen LogP contribution is -1.96. The number of Topliss-reactive ketones (excluding diaryl/α,β-unsaturated/α-hetero) is 1. The van der Waals surface area contributed by atoms with Gasteiger partial charge in [-0.05, 0) is 37.3 Å². The number of carbonyl (C=O) groups is 1. The van der Waals surface area contributed by atoms with Gasteiger partial charge in [0.25, 0.3) is 0 Å². The monoisotopic (exact) mass is 322 g/mol. The first kappa shape index (κ1) is 15.7. The molecule has 3 nitrogen and oxygen atoms in total. The number of hydrogen-bond donors (Lipinski definition) is 1. The molecule has 0 atom stereocenters. The van der Waals surface area contributed by atoms with Crippen LogP contribution in [0.25, 0.3) is 0 Å². The zero-order valence-corrected chi connectivity index (χ0v) is 13.3. The lowest BCUT2D eigenvalue weighted by molar-refractivity contribution is 0.101. The van der Waals surface area contributed by atoms with Crippen LogP contribution in [0.3, 0.4) is 0 Å². The average Bonchev–Trinajstić information content (AvgIpc) is 2.47. The first-order valence-corrected chi connectivity index (χ1v) is 7.67. The lowest BCUT2D eigenvalue weighted by Gasteiger charge is -2.09. The van der Waals surface area contributed by atoms with E-state index in [0.717, 1.165) is 10.6 Å². The summed E-state index contributed by atoms with van der Waals surface area (Å²) in [4.78, 5) is 12.5. The van der Waals surface area contributed by atoms with Crippen molar-refractivity contribution in [3.63, 3.8) is 0 Å². The van der Waals surface area contributed by atoms with E-state index in [4.69, 9.17) is 16.3 Å². The molecule has 0 aliphatic rings. The molecule has 0 bridgehead atoms. The topological polar surface area (TPSA) is 46.5 Å². The second-order valence-corrected chi connectivity index (χ2v) is 5.97. The Morgan fingerprint density at radius 3 is 2.76 bits per heavy atom. The van der Waals surface area contributed by atoms with Gasteiger partial charge in [0.05, 0.1) is 12.7 Å². The number of hydrogen-bond acceptors (Lipinski definition) is 4. The van der Waals surface area contributed by atoms with Gasteiger partial charge < -0.3 is 9.84 Å².